The van der Waals surface area contributed by atoms with Crippen LogP contribution in [-0.2, 0) is 13.6 Å². The lowest BCUT2D eigenvalue weighted by Crippen LogP contribution is -2.45. The Morgan fingerprint density at radius 3 is 2.18 bits per heavy atom. The molecule has 128 valence electrons. The van der Waals surface area contributed by atoms with Gasteiger partial charge in [-0.15, -0.1) is 0 Å². The fourth-order valence-corrected chi connectivity index (χ4v) is 6.01. The number of likely N-dealkylation sites (tertiary alicyclic amines) is 1. The quantitative estimate of drug-likeness (QED) is 0.523. The highest BCUT2D eigenvalue weighted by Gasteiger charge is 2.41. The maximum Gasteiger partial charge on any atom is 0.222 e. The molecule has 0 spiro atoms. The van der Waals surface area contributed by atoms with Crippen molar-refractivity contribution in [2.24, 2.45) is 11.3 Å². The third-order valence-electron chi connectivity index (χ3n) is 5.54. The summed E-state index contributed by atoms with van der Waals surface area (Å²) in [6.45, 7) is 9.98. The molecule has 1 saturated heterocycles. The van der Waals surface area contributed by atoms with E-state index in [1.165, 1.54) is 12.8 Å². The zero-order valence-corrected chi connectivity index (χ0v) is 17.6. The predicted octanol–water partition coefficient (Wildman–Crippen LogP) is 1.82. The zero-order chi connectivity index (χ0) is 16.2. The van der Waals surface area contributed by atoms with E-state index in [0.717, 1.165) is 32.2 Å². The standard InChI is InChI=1S/C16H33NO3Si2/c1-16(2,15(19-21-3)20-22-4)12-7-9-13(10-8-12)17-11-5-6-14(17)18/h12-13,15H,5-11,21-22H2,1-4H3. The Bertz CT molecular complexity index is 364. The van der Waals surface area contributed by atoms with Crippen LogP contribution in [0.3, 0.4) is 0 Å². The molecule has 0 aromatic rings. The molecule has 2 rings (SSSR count). The minimum atomic E-state index is -0.454. The average Bonchev–Trinajstić information content (AvgIpc) is 2.93. The summed E-state index contributed by atoms with van der Waals surface area (Å²) in [6, 6.07) is 0.489. The van der Waals surface area contributed by atoms with Gasteiger partial charge in [-0.05, 0) is 38.0 Å². The largest absolute Gasteiger partial charge is 0.400 e. The van der Waals surface area contributed by atoms with E-state index in [0.29, 0.717) is 17.9 Å². The number of carbonyl (C=O) groups is 1. The summed E-state index contributed by atoms with van der Waals surface area (Å²) >= 11 is 0. The molecule has 0 aromatic carbocycles. The minimum absolute atomic E-state index is 0.00389. The third kappa shape index (κ3) is 4.02. The Balaban J connectivity index is 1.92. The van der Waals surface area contributed by atoms with Crippen molar-refractivity contribution >= 4 is 25.4 Å². The van der Waals surface area contributed by atoms with Crippen LogP contribution >= 0.6 is 0 Å². The highest BCUT2D eigenvalue weighted by Crippen LogP contribution is 2.43. The van der Waals surface area contributed by atoms with Crippen LogP contribution in [0.15, 0.2) is 0 Å². The van der Waals surface area contributed by atoms with Gasteiger partial charge in [0.15, 0.2) is 19.5 Å². The lowest BCUT2D eigenvalue weighted by molar-refractivity contribution is -0.132. The Kier molecular flexibility index (Phi) is 6.67. The zero-order valence-electron chi connectivity index (χ0n) is 14.8. The first-order chi connectivity index (χ1) is 10.5. The van der Waals surface area contributed by atoms with Gasteiger partial charge in [0, 0.05) is 24.4 Å². The van der Waals surface area contributed by atoms with Gasteiger partial charge in [-0.25, -0.2) is 0 Å². The van der Waals surface area contributed by atoms with Crippen LogP contribution in [0.25, 0.3) is 0 Å². The first kappa shape index (κ1) is 18.2. The van der Waals surface area contributed by atoms with Crippen molar-refractivity contribution in [3.8, 4) is 0 Å². The molecule has 6 heteroatoms. The van der Waals surface area contributed by atoms with Crippen molar-refractivity contribution in [1.82, 2.24) is 4.90 Å². The van der Waals surface area contributed by atoms with Crippen molar-refractivity contribution in [3.63, 3.8) is 0 Å². The van der Waals surface area contributed by atoms with Crippen molar-refractivity contribution in [2.75, 3.05) is 6.54 Å². The molecule has 1 amide bonds. The summed E-state index contributed by atoms with van der Waals surface area (Å²) in [6.07, 6.45) is 6.51. The van der Waals surface area contributed by atoms with Gasteiger partial charge in [0.1, 0.15) is 6.29 Å². The molecule has 4 nitrogen and oxygen atoms in total. The molecular weight excluding hydrogens is 310 g/mol. The van der Waals surface area contributed by atoms with Crippen LogP contribution in [0, 0.1) is 11.3 Å². The van der Waals surface area contributed by atoms with Gasteiger partial charge in [0.05, 0.1) is 0 Å². The molecule has 1 heterocycles. The topological polar surface area (TPSA) is 38.8 Å². The van der Waals surface area contributed by atoms with E-state index in [1.807, 2.05) is 0 Å². The fraction of sp³-hybridized carbons (Fsp3) is 0.938. The van der Waals surface area contributed by atoms with Gasteiger partial charge in [0.2, 0.25) is 5.91 Å². The Labute approximate surface area is 140 Å². The van der Waals surface area contributed by atoms with Gasteiger partial charge < -0.3 is 13.8 Å². The van der Waals surface area contributed by atoms with Crippen LogP contribution in [0.4, 0.5) is 0 Å². The highest BCUT2D eigenvalue weighted by molar-refractivity contribution is 6.26. The average molecular weight is 344 g/mol. The highest BCUT2D eigenvalue weighted by atomic mass is 28.2. The van der Waals surface area contributed by atoms with Crippen LogP contribution in [0.2, 0.25) is 13.1 Å². The molecule has 2 aliphatic rings. The first-order valence-electron chi connectivity index (χ1n) is 9.03. The smallest absolute Gasteiger partial charge is 0.222 e. The van der Waals surface area contributed by atoms with Gasteiger partial charge in [0.25, 0.3) is 0 Å². The summed E-state index contributed by atoms with van der Waals surface area (Å²) in [5.41, 5.74) is 0.0893. The van der Waals surface area contributed by atoms with E-state index in [4.69, 9.17) is 8.85 Å². The molecule has 1 aliphatic heterocycles. The number of rotatable bonds is 7. The van der Waals surface area contributed by atoms with Crippen molar-refractivity contribution < 1.29 is 13.6 Å². The second kappa shape index (κ2) is 8.08. The van der Waals surface area contributed by atoms with E-state index < -0.39 is 19.5 Å². The Morgan fingerprint density at radius 1 is 1.14 bits per heavy atom. The summed E-state index contributed by atoms with van der Waals surface area (Å²) in [5, 5.41) is 0. The molecule has 0 atom stereocenters. The molecule has 1 saturated carbocycles. The first-order valence-corrected chi connectivity index (χ1v) is 13.0. The van der Waals surface area contributed by atoms with E-state index in [1.54, 1.807) is 0 Å². The molecule has 1 aliphatic carbocycles. The molecule has 0 aromatic heterocycles. The molecule has 0 N–H and O–H groups in total. The van der Waals surface area contributed by atoms with E-state index in [2.05, 4.69) is 31.8 Å². The minimum Gasteiger partial charge on any atom is -0.400 e. The van der Waals surface area contributed by atoms with Crippen LogP contribution < -0.4 is 0 Å². The molecular formula is C16H33NO3Si2. The summed E-state index contributed by atoms with van der Waals surface area (Å²) in [5.74, 6) is 1.02. The third-order valence-corrected chi connectivity index (χ3v) is 6.82. The summed E-state index contributed by atoms with van der Waals surface area (Å²) in [4.78, 5) is 14.1. The van der Waals surface area contributed by atoms with Crippen LogP contribution in [0.1, 0.15) is 52.4 Å². The number of hydrogen-bond donors (Lipinski definition) is 0. The van der Waals surface area contributed by atoms with Gasteiger partial charge in [-0.3, -0.25) is 4.79 Å². The normalized spacial score (nSPS) is 29.3. The van der Waals surface area contributed by atoms with Gasteiger partial charge in [-0.2, -0.15) is 0 Å². The number of amides is 1. The van der Waals surface area contributed by atoms with Crippen LogP contribution in [0.5, 0.6) is 0 Å². The second-order valence-electron chi connectivity index (χ2n) is 7.26. The van der Waals surface area contributed by atoms with Gasteiger partial charge >= 0.3 is 0 Å². The van der Waals surface area contributed by atoms with Crippen LogP contribution in [-0.4, -0.2) is 49.2 Å². The van der Waals surface area contributed by atoms with E-state index in [-0.39, 0.29) is 11.7 Å². The Morgan fingerprint density at radius 2 is 1.73 bits per heavy atom. The molecule has 0 radical (unpaired) electrons. The van der Waals surface area contributed by atoms with Crippen molar-refractivity contribution in [3.05, 3.63) is 0 Å². The lowest BCUT2D eigenvalue weighted by Gasteiger charge is -2.45. The van der Waals surface area contributed by atoms with E-state index in [9.17, 15) is 4.79 Å². The lowest BCUT2D eigenvalue weighted by atomic mass is 9.69. The maximum atomic E-state index is 11.9. The molecule has 0 bridgehead atoms. The molecule has 22 heavy (non-hydrogen) atoms. The van der Waals surface area contributed by atoms with E-state index >= 15 is 0 Å². The second-order valence-corrected chi connectivity index (χ2v) is 9.08. The molecule has 2 fully saturated rings. The molecule has 0 unspecified atom stereocenters. The summed E-state index contributed by atoms with van der Waals surface area (Å²) < 4.78 is 12.1. The maximum absolute atomic E-state index is 11.9. The Hall–Kier alpha value is -0.176. The number of carbonyl (C=O) groups excluding carboxylic acids is 1. The monoisotopic (exact) mass is 343 g/mol. The number of nitrogens with zero attached hydrogens (tertiary/aromatic N) is 1. The van der Waals surface area contributed by atoms with Gasteiger partial charge in [-0.1, -0.05) is 26.9 Å². The summed E-state index contributed by atoms with van der Waals surface area (Å²) in [7, 11) is -0.909. The van der Waals surface area contributed by atoms with Crippen molar-refractivity contribution in [2.45, 2.75) is 77.8 Å². The number of hydrogen-bond acceptors (Lipinski definition) is 3. The van der Waals surface area contributed by atoms with Crippen molar-refractivity contribution in [1.29, 1.82) is 0 Å². The fourth-order valence-electron chi connectivity index (χ4n) is 4.16. The SMILES string of the molecule is C[SiH2]OC(O[SiH2]C)C(C)(C)C1CCC(N2CCCC2=O)CC1. The predicted molar refractivity (Wildman–Crippen MR) is 95.2 cm³/mol.